The Bertz CT molecular complexity index is 310. The van der Waals surface area contributed by atoms with Gasteiger partial charge in [-0.15, -0.1) is 0 Å². The van der Waals surface area contributed by atoms with Gasteiger partial charge in [0.05, 0.1) is 0 Å². The van der Waals surface area contributed by atoms with Gasteiger partial charge < -0.3 is 15.0 Å². The van der Waals surface area contributed by atoms with Crippen molar-refractivity contribution in [2.75, 3.05) is 19.6 Å². The van der Waals surface area contributed by atoms with Crippen LogP contribution in [0.1, 0.15) is 40.5 Å². The van der Waals surface area contributed by atoms with Gasteiger partial charge in [0.25, 0.3) is 0 Å². The molecule has 0 aromatic heterocycles. The predicted octanol–water partition coefficient (Wildman–Crippen LogP) is 1.77. The van der Waals surface area contributed by atoms with Crippen molar-refractivity contribution < 1.29 is 14.3 Å². The van der Waals surface area contributed by atoms with E-state index in [9.17, 15) is 9.59 Å². The summed E-state index contributed by atoms with van der Waals surface area (Å²) >= 11 is 0. The lowest BCUT2D eigenvalue weighted by atomic mass is 10.1. The Balaban J connectivity index is 2.26. The van der Waals surface area contributed by atoms with Crippen LogP contribution in [0.2, 0.25) is 0 Å². The number of carbonyl (C=O) groups is 2. The van der Waals surface area contributed by atoms with Gasteiger partial charge in [-0.25, -0.2) is 4.79 Å². The first-order valence-corrected chi connectivity index (χ1v) is 6.56. The van der Waals surface area contributed by atoms with E-state index in [-0.39, 0.29) is 12.0 Å². The monoisotopic (exact) mass is 256 g/mol. The largest absolute Gasteiger partial charge is 0.444 e. The number of amides is 2. The fraction of sp³-hybridized carbons (Fsp3) is 0.846. The fourth-order valence-electron chi connectivity index (χ4n) is 1.99. The summed E-state index contributed by atoms with van der Waals surface area (Å²) in [5.41, 5.74) is -0.468. The molecule has 1 unspecified atom stereocenters. The third kappa shape index (κ3) is 4.94. The summed E-state index contributed by atoms with van der Waals surface area (Å²) in [5.74, 6) is 0.530. The summed E-state index contributed by atoms with van der Waals surface area (Å²) in [5, 5.41) is 2.76. The molecule has 0 aromatic carbocycles. The van der Waals surface area contributed by atoms with Crippen molar-refractivity contribution in [2.45, 2.75) is 46.1 Å². The molecule has 1 aliphatic heterocycles. The lowest BCUT2D eigenvalue weighted by Gasteiger charge is -2.20. The molecule has 0 bridgehead atoms. The van der Waals surface area contributed by atoms with Gasteiger partial charge in [-0.05, 0) is 33.1 Å². The van der Waals surface area contributed by atoms with Gasteiger partial charge in [-0.3, -0.25) is 4.79 Å². The van der Waals surface area contributed by atoms with Gasteiger partial charge in [0, 0.05) is 26.1 Å². The van der Waals surface area contributed by atoms with Crippen LogP contribution in [0, 0.1) is 5.92 Å². The molecular weight excluding hydrogens is 232 g/mol. The number of nitrogens with one attached hydrogen (secondary N) is 1. The van der Waals surface area contributed by atoms with E-state index in [1.165, 1.54) is 0 Å². The highest BCUT2D eigenvalue weighted by Crippen LogP contribution is 2.16. The topological polar surface area (TPSA) is 58.6 Å². The minimum atomic E-state index is -0.468. The fourth-order valence-corrected chi connectivity index (χ4v) is 1.99. The zero-order valence-electron chi connectivity index (χ0n) is 11.8. The molecule has 1 aliphatic rings. The van der Waals surface area contributed by atoms with E-state index in [2.05, 4.69) is 5.32 Å². The quantitative estimate of drug-likeness (QED) is 0.837. The van der Waals surface area contributed by atoms with Crippen LogP contribution in [0.25, 0.3) is 0 Å². The summed E-state index contributed by atoms with van der Waals surface area (Å²) in [6.07, 6.45) is 1.11. The molecule has 1 N–H and O–H groups in total. The molecule has 1 atom stereocenters. The number of carbonyl (C=O) groups excluding carboxylic acids is 2. The van der Waals surface area contributed by atoms with Crippen molar-refractivity contribution in [1.82, 2.24) is 10.2 Å². The van der Waals surface area contributed by atoms with Gasteiger partial charge in [-0.2, -0.15) is 0 Å². The van der Waals surface area contributed by atoms with Gasteiger partial charge in [-0.1, -0.05) is 6.92 Å². The minimum Gasteiger partial charge on any atom is -0.444 e. The average Bonchev–Trinajstić information content (AvgIpc) is 2.71. The van der Waals surface area contributed by atoms with Crippen LogP contribution in [0.5, 0.6) is 0 Å². The highest BCUT2D eigenvalue weighted by atomic mass is 16.6. The van der Waals surface area contributed by atoms with Crippen LogP contribution in [-0.2, 0) is 9.53 Å². The summed E-state index contributed by atoms with van der Waals surface area (Å²) in [4.78, 5) is 24.8. The Morgan fingerprint density at radius 1 is 1.39 bits per heavy atom. The number of alkyl carbamates (subject to hydrolysis) is 1. The van der Waals surface area contributed by atoms with Gasteiger partial charge >= 0.3 is 6.09 Å². The summed E-state index contributed by atoms with van der Waals surface area (Å²) in [6, 6.07) is 0. The first-order valence-electron chi connectivity index (χ1n) is 6.56. The molecule has 1 heterocycles. The third-order valence-electron chi connectivity index (χ3n) is 2.87. The van der Waals surface area contributed by atoms with Gasteiger partial charge in [0.1, 0.15) is 5.60 Å². The Morgan fingerprint density at radius 3 is 2.61 bits per heavy atom. The lowest BCUT2D eigenvalue weighted by molar-refractivity contribution is -0.129. The van der Waals surface area contributed by atoms with Gasteiger partial charge in [0.15, 0.2) is 0 Å². The first kappa shape index (κ1) is 14.8. The maximum absolute atomic E-state index is 11.5. The van der Waals surface area contributed by atoms with Crippen LogP contribution in [0.3, 0.4) is 0 Å². The van der Waals surface area contributed by atoms with E-state index < -0.39 is 5.60 Å². The molecule has 18 heavy (non-hydrogen) atoms. The second-order valence-corrected chi connectivity index (χ2v) is 5.73. The van der Waals surface area contributed by atoms with E-state index >= 15 is 0 Å². The predicted molar refractivity (Wildman–Crippen MR) is 69.2 cm³/mol. The number of likely N-dealkylation sites (tertiary alicyclic amines) is 1. The summed E-state index contributed by atoms with van der Waals surface area (Å²) in [7, 11) is 0. The zero-order valence-corrected chi connectivity index (χ0v) is 11.8. The molecule has 0 spiro atoms. The molecule has 0 aromatic rings. The summed E-state index contributed by atoms with van der Waals surface area (Å²) in [6.45, 7) is 9.49. The van der Waals surface area contributed by atoms with Crippen molar-refractivity contribution in [3.8, 4) is 0 Å². The Labute approximate surface area is 109 Å². The number of rotatable bonds is 3. The molecule has 0 saturated carbocycles. The lowest BCUT2D eigenvalue weighted by Crippen LogP contribution is -2.36. The SMILES string of the molecule is CCC(=O)N1CCC(CNC(=O)OC(C)(C)C)C1. The number of ether oxygens (including phenoxy) is 1. The highest BCUT2D eigenvalue weighted by Gasteiger charge is 2.26. The second-order valence-electron chi connectivity index (χ2n) is 5.73. The second kappa shape index (κ2) is 6.07. The summed E-state index contributed by atoms with van der Waals surface area (Å²) < 4.78 is 5.16. The minimum absolute atomic E-state index is 0.190. The van der Waals surface area contributed by atoms with Crippen molar-refractivity contribution in [3.63, 3.8) is 0 Å². The number of hydrogen-bond acceptors (Lipinski definition) is 3. The Kier molecular flexibility index (Phi) is 4.99. The maximum Gasteiger partial charge on any atom is 0.407 e. The van der Waals surface area contributed by atoms with Crippen molar-refractivity contribution >= 4 is 12.0 Å². The number of hydrogen-bond donors (Lipinski definition) is 1. The van der Waals surface area contributed by atoms with Crippen molar-refractivity contribution in [1.29, 1.82) is 0 Å². The molecule has 2 amide bonds. The standard InChI is InChI=1S/C13H24N2O3/c1-5-11(16)15-7-6-10(9-15)8-14-12(17)18-13(2,3)4/h10H,5-9H2,1-4H3,(H,14,17). The van der Waals surface area contributed by atoms with E-state index in [4.69, 9.17) is 4.74 Å². The van der Waals surface area contributed by atoms with E-state index in [1.807, 2.05) is 32.6 Å². The Morgan fingerprint density at radius 2 is 2.06 bits per heavy atom. The first-order chi connectivity index (χ1) is 8.31. The van der Waals surface area contributed by atoms with E-state index in [0.29, 0.717) is 18.9 Å². The molecule has 0 radical (unpaired) electrons. The van der Waals surface area contributed by atoms with Crippen LogP contribution < -0.4 is 5.32 Å². The maximum atomic E-state index is 11.5. The van der Waals surface area contributed by atoms with Crippen LogP contribution >= 0.6 is 0 Å². The smallest absolute Gasteiger partial charge is 0.407 e. The normalized spacial score (nSPS) is 19.8. The van der Waals surface area contributed by atoms with Gasteiger partial charge in [0.2, 0.25) is 5.91 Å². The van der Waals surface area contributed by atoms with Crippen molar-refractivity contribution in [3.05, 3.63) is 0 Å². The van der Waals surface area contributed by atoms with Crippen LogP contribution in [-0.4, -0.2) is 42.1 Å². The zero-order chi connectivity index (χ0) is 13.8. The molecule has 5 heteroatoms. The molecular formula is C13H24N2O3. The molecule has 5 nitrogen and oxygen atoms in total. The number of nitrogens with zero attached hydrogens (tertiary/aromatic N) is 1. The molecule has 1 fully saturated rings. The van der Waals surface area contributed by atoms with E-state index in [0.717, 1.165) is 19.5 Å². The van der Waals surface area contributed by atoms with E-state index in [1.54, 1.807) is 0 Å². The van der Waals surface area contributed by atoms with Crippen LogP contribution in [0.15, 0.2) is 0 Å². The average molecular weight is 256 g/mol. The third-order valence-corrected chi connectivity index (χ3v) is 2.87. The van der Waals surface area contributed by atoms with Crippen LogP contribution in [0.4, 0.5) is 4.79 Å². The molecule has 104 valence electrons. The van der Waals surface area contributed by atoms with Crippen molar-refractivity contribution in [2.24, 2.45) is 5.92 Å². The molecule has 1 saturated heterocycles. The highest BCUT2D eigenvalue weighted by molar-refractivity contribution is 5.76. The molecule has 1 rings (SSSR count). The molecule has 0 aliphatic carbocycles. The Hall–Kier alpha value is -1.26.